The number of nitrogens with one attached hydrogen (secondary N) is 1. The van der Waals surface area contributed by atoms with Gasteiger partial charge in [-0.2, -0.15) is 0 Å². The van der Waals surface area contributed by atoms with Crippen LogP contribution >= 0.6 is 0 Å². The van der Waals surface area contributed by atoms with Crippen molar-refractivity contribution >= 4 is 5.96 Å². The van der Waals surface area contributed by atoms with E-state index in [0.29, 0.717) is 13.2 Å². The number of rotatable bonds is 6. The highest BCUT2D eigenvalue weighted by Gasteiger charge is 2.07. The van der Waals surface area contributed by atoms with Crippen LogP contribution in [0, 0.1) is 5.41 Å². The van der Waals surface area contributed by atoms with E-state index in [1.165, 1.54) is 5.56 Å². The van der Waals surface area contributed by atoms with Crippen molar-refractivity contribution in [1.82, 2.24) is 4.90 Å². The summed E-state index contributed by atoms with van der Waals surface area (Å²) in [5.41, 5.74) is 7.77. The first-order chi connectivity index (χ1) is 10.2. The smallest absolute Gasteiger partial charge is 0.188 e. The molecule has 0 radical (unpaired) electrons. The molecule has 0 fully saturated rings. The zero-order valence-electron chi connectivity index (χ0n) is 12.3. The zero-order chi connectivity index (χ0) is 15.1. The quantitative estimate of drug-likeness (QED) is 0.633. The van der Waals surface area contributed by atoms with E-state index in [0.717, 1.165) is 17.7 Å². The van der Waals surface area contributed by atoms with Crippen LogP contribution in [0.25, 0.3) is 0 Å². The molecule has 2 aromatic rings. The van der Waals surface area contributed by atoms with Crippen LogP contribution in [0.2, 0.25) is 0 Å². The van der Waals surface area contributed by atoms with Crippen molar-refractivity contribution in [3.05, 3.63) is 65.7 Å². The van der Waals surface area contributed by atoms with Gasteiger partial charge in [0.05, 0.1) is 6.61 Å². The van der Waals surface area contributed by atoms with Gasteiger partial charge < -0.3 is 15.4 Å². The fraction of sp³-hybridized carbons (Fsp3) is 0.235. The number of para-hydroxylation sites is 1. The van der Waals surface area contributed by atoms with Crippen molar-refractivity contribution < 1.29 is 4.74 Å². The fourth-order valence-corrected chi connectivity index (χ4v) is 2.04. The Morgan fingerprint density at radius 1 is 1.10 bits per heavy atom. The van der Waals surface area contributed by atoms with E-state index >= 15 is 0 Å². The van der Waals surface area contributed by atoms with Crippen molar-refractivity contribution in [2.45, 2.75) is 13.0 Å². The van der Waals surface area contributed by atoms with Gasteiger partial charge >= 0.3 is 0 Å². The molecular formula is C17H21N3O. The third kappa shape index (κ3) is 4.53. The van der Waals surface area contributed by atoms with Crippen LogP contribution in [0.15, 0.2) is 54.6 Å². The highest BCUT2D eigenvalue weighted by molar-refractivity contribution is 5.74. The van der Waals surface area contributed by atoms with Gasteiger partial charge in [-0.25, -0.2) is 0 Å². The lowest BCUT2D eigenvalue weighted by atomic mass is 10.1. The molecule has 2 aromatic carbocycles. The Kier molecular flexibility index (Phi) is 5.21. The monoisotopic (exact) mass is 283 g/mol. The molecule has 4 heteroatoms. The van der Waals surface area contributed by atoms with E-state index in [2.05, 4.69) is 12.1 Å². The first-order valence-electron chi connectivity index (χ1n) is 6.96. The highest BCUT2D eigenvalue weighted by atomic mass is 16.5. The minimum Gasteiger partial charge on any atom is -0.493 e. The number of hydrogen-bond acceptors (Lipinski definition) is 2. The predicted octanol–water partition coefficient (Wildman–Crippen LogP) is 2.63. The van der Waals surface area contributed by atoms with Crippen LogP contribution in [0.4, 0.5) is 0 Å². The molecule has 0 heterocycles. The minimum atomic E-state index is 0.0501. The summed E-state index contributed by atoms with van der Waals surface area (Å²) in [5, 5.41) is 7.43. The average Bonchev–Trinajstić information content (AvgIpc) is 2.50. The fourth-order valence-electron chi connectivity index (χ4n) is 2.04. The lowest BCUT2D eigenvalue weighted by Crippen LogP contribution is -2.32. The average molecular weight is 283 g/mol. The Morgan fingerprint density at radius 2 is 1.76 bits per heavy atom. The second-order valence-corrected chi connectivity index (χ2v) is 4.93. The van der Waals surface area contributed by atoms with Crippen LogP contribution in [-0.2, 0) is 13.0 Å². The number of nitrogens with zero attached hydrogens (tertiary/aromatic N) is 1. The summed E-state index contributed by atoms with van der Waals surface area (Å²) in [4.78, 5) is 1.68. The maximum absolute atomic E-state index is 7.43. The summed E-state index contributed by atoms with van der Waals surface area (Å²) in [7, 11) is 1.79. The van der Waals surface area contributed by atoms with Crippen LogP contribution in [-0.4, -0.2) is 24.5 Å². The molecule has 110 valence electrons. The summed E-state index contributed by atoms with van der Waals surface area (Å²) in [5.74, 6) is 0.899. The van der Waals surface area contributed by atoms with Crippen molar-refractivity contribution in [3.63, 3.8) is 0 Å². The Hall–Kier alpha value is -2.49. The van der Waals surface area contributed by atoms with E-state index in [1.54, 1.807) is 11.9 Å². The van der Waals surface area contributed by atoms with Gasteiger partial charge in [0.2, 0.25) is 0 Å². The first kappa shape index (κ1) is 14.9. The van der Waals surface area contributed by atoms with Crippen LogP contribution in [0.3, 0.4) is 0 Å². The second kappa shape index (κ2) is 7.33. The molecule has 0 saturated heterocycles. The van der Waals surface area contributed by atoms with E-state index in [-0.39, 0.29) is 5.96 Å². The third-order valence-corrected chi connectivity index (χ3v) is 3.28. The topological polar surface area (TPSA) is 62.3 Å². The molecule has 0 atom stereocenters. The molecule has 0 spiro atoms. The van der Waals surface area contributed by atoms with Crippen molar-refractivity contribution in [2.24, 2.45) is 5.73 Å². The molecular weight excluding hydrogens is 262 g/mol. The Morgan fingerprint density at radius 3 is 2.48 bits per heavy atom. The normalized spacial score (nSPS) is 10.1. The summed E-state index contributed by atoms with van der Waals surface area (Å²) in [6.45, 7) is 1.20. The highest BCUT2D eigenvalue weighted by Crippen LogP contribution is 2.19. The number of nitrogens with two attached hydrogens (primary N) is 1. The largest absolute Gasteiger partial charge is 0.493 e. The summed E-state index contributed by atoms with van der Waals surface area (Å²) < 4.78 is 5.88. The van der Waals surface area contributed by atoms with Crippen LogP contribution < -0.4 is 10.5 Å². The van der Waals surface area contributed by atoms with Crippen LogP contribution in [0.5, 0.6) is 5.75 Å². The SMILES string of the molecule is CN(Cc1ccccc1OCCc1ccccc1)C(=N)N. The Bertz CT molecular complexity index is 584. The molecule has 3 N–H and O–H groups in total. The molecule has 0 aliphatic heterocycles. The minimum absolute atomic E-state index is 0.0501. The Balaban J connectivity index is 1.95. The molecule has 0 unspecified atom stereocenters. The van der Waals surface area contributed by atoms with Gasteiger partial charge in [0.25, 0.3) is 0 Å². The van der Waals surface area contributed by atoms with Gasteiger partial charge in [-0.3, -0.25) is 5.41 Å². The van der Waals surface area contributed by atoms with Gasteiger partial charge in [-0.05, 0) is 11.6 Å². The zero-order valence-corrected chi connectivity index (χ0v) is 12.3. The molecule has 4 nitrogen and oxygen atoms in total. The van der Waals surface area contributed by atoms with Gasteiger partial charge in [0.1, 0.15) is 5.75 Å². The number of ether oxygens (including phenoxy) is 1. The van der Waals surface area contributed by atoms with Crippen LogP contribution in [0.1, 0.15) is 11.1 Å². The summed E-state index contributed by atoms with van der Waals surface area (Å²) >= 11 is 0. The molecule has 2 rings (SSSR count). The number of benzene rings is 2. The van der Waals surface area contributed by atoms with Gasteiger partial charge in [0.15, 0.2) is 5.96 Å². The van der Waals surface area contributed by atoms with Crippen molar-refractivity contribution in [3.8, 4) is 5.75 Å². The number of guanidine groups is 1. The molecule has 0 aliphatic rings. The predicted molar refractivity (Wildman–Crippen MR) is 85.5 cm³/mol. The maximum Gasteiger partial charge on any atom is 0.188 e. The van der Waals surface area contributed by atoms with Gasteiger partial charge in [-0.1, -0.05) is 48.5 Å². The lowest BCUT2D eigenvalue weighted by Gasteiger charge is -2.19. The maximum atomic E-state index is 7.43. The van der Waals surface area contributed by atoms with Crippen molar-refractivity contribution in [1.29, 1.82) is 5.41 Å². The van der Waals surface area contributed by atoms with Gasteiger partial charge in [0, 0.05) is 25.6 Å². The molecule has 0 bridgehead atoms. The summed E-state index contributed by atoms with van der Waals surface area (Å²) in [6.07, 6.45) is 0.873. The van der Waals surface area contributed by atoms with E-state index in [1.807, 2.05) is 42.5 Å². The molecule has 21 heavy (non-hydrogen) atoms. The summed E-state index contributed by atoms with van der Waals surface area (Å²) in [6, 6.07) is 18.1. The first-order valence-corrected chi connectivity index (χ1v) is 6.96. The molecule has 0 amide bonds. The van der Waals surface area contributed by atoms with E-state index in [4.69, 9.17) is 15.9 Å². The molecule has 0 aliphatic carbocycles. The van der Waals surface area contributed by atoms with E-state index in [9.17, 15) is 0 Å². The van der Waals surface area contributed by atoms with Gasteiger partial charge in [-0.15, -0.1) is 0 Å². The Labute approximate surface area is 125 Å². The lowest BCUT2D eigenvalue weighted by molar-refractivity contribution is 0.314. The standard InChI is InChI=1S/C17H21N3O/c1-20(17(18)19)13-15-9-5-6-10-16(15)21-12-11-14-7-3-2-4-8-14/h2-10H,11-13H2,1H3,(H3,18,19). The molecule has 0 aromatic heterocycles. The number of hydrogen-bond donors (Lipinski definition) is 2. The molecule has 0 saturated carbocycles. The second-order valence-electron chi connectivity index (χ2n) is 4.93. The third-order valence-electron chi connectivity index (χ3n) is 3.28. The van der Waals surface area contributed by atoms with Crippen molar-refractivity contribution in [2.75, 3.05) is 13.7 Å². The van der Waals surface area contributed by atoms with E-state index < -0.39 is 0 Å².